The third-order valence-electron chi connectivity index (χ3n) is 3.18. The first-order valence-corrected chi connectivity index (χ1v) is 9.32. The van der Waals surface area contributed by atoms with Crippen molar-refractivity contribution >= 4 is 50.5 Å². The molecule has 0 aliphatic carbocycles. The molecule has 0 saturated heterocycles. The number of methoxy groups -OCH3 is 3. The molecule has 10 heteroatoms. The van der Waals surface area contributed by atoms with Crippen molar-refractivity contribution in [3.63, 3.8) is 0 Å². The first kappa shape index (κ1) is 19.8. The van der Waals surface area contributed by atoms with E-state index in [0.717, 1.165) is 0 Å². The normalized spacial score (nSPS) is 11.1. The predicted molar refractivity (Wildman–Crippen MR) is 98.4 cm³/mol. The summed E-state index contributed by atoms with van der Waals surface area (Å²) < 4.78 is 43.2. The topological polar surface area (TPSA) is 73.9 Å². The zero-order chi connectivity index (χ0) is 18.8. The van der Waals surface area contributed by atoms with Crippen LogP contribution in [0.25, 0.3) is 0 Å². The van der Waals surface area contributed by atoms with Gasteiger partial charge in [-0.2, -0.15) is 0 Å². The fourth-order valence-electron chi connectivity index (χ4n) is 2.06. The quantitative estimate of drug-likeness (QED) is 0.690. The van der Waals surface area contributed by atoms with Gasteiger partial charge < -0.3 is 14.2 Å². The van der Waals surface area contributed by atoms with Crippen LogP contribution in [0.15, 0.2) is 29.2 Å². The van der Waals surface area contributed by atoms with E-state index < -0.39 is 10.0 Å². The van der Waals surface area contributed by atoms with Crippen LogP contribution in [0.1, 0.15) is 0 Å². The van der Waals surface area contributed by atoms with E-state index in [1.54, 1.807) is 0 Å². The highest BCUT2D eigenvalue weighted by molar-refractivity contribution is 7.92. The highest BCUT2D eigenvalue weighted by Gasteiger charge is 2.22. The summed E-state index contributed by atoms with van der Waals surface area (Å²) in [5, 5.41) is 0.157. The monoisotopic (exact) mass is 425 g/mol. The third kappa shape index (κ3) is 4.17. The molecule has 2 rings (SSSR count). The minimum absolute atomic E-state index is 0.0608. The van der Waals surface area contributed by atoms with Gasteiger partial charge in [0.1, 0.15) is 4.90 Å². The Balaban J connectivity index is 2.50. The lowest BCUT2D eigenvalue weighted by Gasteiger charge is -2.15. The van der Waals surface area contributed by atoms with Crippen molar-refractivity contribution in [3.8, 4) is 17.2 Å². The van der Waals surface area contributed by atoms with E-state index in [1.807, 2.05) is 0 Å². The van der Waals surface area contributed by atoms with Crippen molar-refractivity contribution in [2.75, 3.05) is 26.1 Å². The van der Waals surface area contributed by atoms with Gasteiger partial charge in [-0.15, -0.1) is 0 Å². The van der Waals surface area contributed by atoms with Crippen molar-refractivity contribution < 1.29 is 22.6 Å². The summed E-state index contributed by atoms with van der Waals surface area (Å²) in [5.41, 5.74) is 0.191. The van der Waals surface area contributed by atoms with Gasteiger partial charge in [0.05, 0.1) is 42.1 Å². The average molecular weight is 427 g/mol. The summed E-state index contributed by atoms with van der Waals surface area (Å²) in [6.45, 7) is 0. The number of halogens is 3. The van der Waals surface area contributed by atoms with Crippen molar-refractivity contribution in [3.05, 3.63) is 39.3 Å². The Labute approximate surface area is 160 Å². The Morgan fingerprint density at radius 2 is 1.32 bits per heavy atom. The maximum absolute atomic E-state index is 12.6. The molecular formula is C15H14Cl3NO5S. The second-order valence-corrected chi connectivity index (χ2v) is 7.59. The van der Waals surface area contributed by atoms with Crippen LogP contribution in [0, 0.1) is 0 Å². The molecule has 136 valence electrons. The number of hydrogen-bond donors (Lipinski definition) is 1. The first-order valence-electron chi connectivity index (χ1n) is 6.71. The third-order valence-corrected chi connectivity index (χ3v) is 5.75. The highest BCUT2D eigenvalue weighted by atomic mass is 35.5. The van der Waals surface area contributed by atoms with Crippen LogP contribution in [0.2, 0.25) is 15.1 Å². The molecule has 0 aromatic heterocycles. The molecule has 0 spiro atoms. The van der Waals surface area contributed by atoms with E-state index >= 15 is 0 Å². The molecular weight excluding hydrogens is 413 g/mol. The van der Waals surface area contributed by atoms with E-state index in [1.165, 1.54) is 45.6 Å². The van der Waals surface area contributed by atoms with Crippen molar-refractivity contribution in [1.82, 2.24) is 0 Å². The number of sulfonamides is 1. The summed E-state index contributed by atoms with van der Waals surface area (Å²) in [4.78, 5) is -0.211. The van der Waals surface area contributed by atoms with E-state index in [2.05, 4.69) is 4.72 Å². The number of ether oxygens (including phenoxy) is 3. The Morgan fingerprint density at radius 3 is 1.80 bits per heavy atom. The second-order valence-electron chi connectivity index (χ2n) is 4.72. The zero-order valence-electron chi connectivity index (χ0n) is 13.4. The van der Waals surface area contributed by atoms with E-state index in [4.69, 9.17) is 49.0 Å². The number of rotatable bonds is 6. The van der Waals surface area contributed by atoms with Crippen LogP contribution in [-0.2, 0) is 10.0 Å². The molecule has 0 aliphatic heterocycles. The molecule has 0 bridgehead atoms. The number of hydrogen-bond acceptors (Lipinski definition) is 5. The Kier molecular flexibility index (Phi) is 6.16. The molecule has 0 saturated carbocycles. The molecule has 0 heterocycles. The minimum atomic E-state index is -4.03. The SMILES string of the molecule is COc1cc(NS(=O)(=O)c2cc(Cl)c(Cl)cc2Cl)cc(OC)c1OC. The maximum Gasteiger partial charge on any atom is 0.263 e. The van der Waals surface area contributed by atoms with Crippen molar-refractivity contribution in [2.45, 2.75) is 4.90 Å². The smallest absolute Gasteiger partial charge is 0.263 e. The van der Waals surface area contributed by atoms with Gasteiger partial charge in [0.25, 0.3) is 10.0 Å². The summed E-state index contributed by atoms with van der Waals surface area (Å²) in [7, 11) is 0.258. The van der Waals surface area contributed by atoms with E-state index in [0.29, 0.717) is 17.2 Å². The fraction of sp³-hybridized carbons (Fsp3) is 0.200. The Bertz CT molecular complexity index is 877. The van der Waals surface area contributed by atoms with Gasteiger partial charge >= 0.3 is 0 Å². The van der Waals surface area contributed by atoms with Crippen molar-refractivity contribution in [1.29, 1.82) is 0 Å². The number of nitrogens with one attached hydrogen (secondary N) is 1. The summed E-state index contributed by atoms with van der Waals surface area (Å²) in [6, 6.07) is 5.33. The maximum atomic E-state index is 12.6. The fourth-order valence-corrected chi connectivity index (χ4v) is 4.10. The average Bonchev–Trinajstić information content (AvgIpc) is 2.56. The lowest BCUT2D eigenvalue weighted by atomic mass is 10.2. The molecule has 0 aliphatic rings. The summed E-state index contributed by atoms with van der Waals surface area (Å²) in [6.07, 6.45) is 0. The van der Waals surface area contributed by atoms with Crippen LogP contribution in [0.5, 0.6) is 17.2 Å². The van der Waals surface area contributed by atoms with Gasteiger partial charge in [0.15, 0.2) is 11.5 Å². The van der Waals surface area contributed by atoms with Crippen LogP contribution in [0.4, 0.5) is 5.69 Å². The highest BCUT2D eigenvalue weighted by Crippen LogP contribution is 2.41. The second kappa shape index (κ2) is 7.78. The minimum Gasteiger partial charge on any atom is -0.493 e. The molecule has 0 atom stereocenters. The van der Waals surface area contributed by atoms with Crippen LogP contribution >= 0.6 is 34.8 Å². The molecule has 0 fully saturated rings. The van der Waals surface area contributed by atoms with Gasteiger partial charge in [-0.25, -0.2) is 8.42 Å². The van der Waals surface area contributed by atoms with Crippen LogP contribution in [0.3, 0.4) is 0 Å². The predicted octanol–water partition coefficient (Wildman–Crippen LogP) is 4.47. The molecule has 2 aromatic carbocycles. The van der Waals surface area contributed by atoms with Gasteiger partial charge in [-0.1, -0.05) is 34.8 Å². The van der Waals surface area contributed by atoms with Gasteiger partial charge in [0, 0.05) is 12.1 Å². The standard InChI is InChI=1S/C15H14Cl3NO5S/c1-22-12-4-8(5-13(23-2)15(12)24-3)19-25(20,21)14-7-10(17)9(16)6-11(14)18/h4-7,19H,1-3H3. The molecule has 25 heavy (non-hydrogen) atoms. The lowest BCUT2D eigenvalue weighted by Crippen LogP contribution is -2.14. The van der Waals surface area contributed by atoms with Gasteiger partial charge in [-0.05, 0) is 12.1 Å². The zero-order valence-corrected chi connectivity index (χ0v) is 16.5. The number of benzene rings is 2. The van der Waals surface area contributed by atoms with E-state index in [-0.39, 0.29) is 25.7 Å². The molecule has 0 unspecified atom stereocenters. The Morgan fingerprint density at radius 1 is 0.800 bits per heavy atom. The van der Waals surface area contributed by atoms with Gasteiger partial charge in [0.2, 0.25) is 5.75 Å². The molecule has 6 nitrogen and oxygen atoms in total. The molecule has 0 radical (unpaired) electrons. The molecule has 0 amide bonds. The van der Waals surface area contributed by atoms with Crippen LogP contribution in [-0.4, -0.2) is 29.7 Å². The lowest BCUT2D eigenvalue weighted by molar-refractivity contribution is 0.325. The number of anilines is 1. The van der Waals surface area contributed by atoms with E-state index in [9.17, 15) is 8.42 Å². The summed E-state index contributed by atoms with van der Waals surface area (Å²) >= 11 is 17.7. The molecule has 1 N–H and O–H groups in total. The van der Waals surface area contributed by atoms with Gasteiger partial charge in [-0.3, -0.25) is 4.72 Å². The summed E-state index contributed by atoms with van der Waals surface area (Å²) in [5.74, 6) is 0.917. The first-order chi connectivity index (χ1) is 11.7. The van der Waals surface area contributed by atoms with Crippen molar-refractivity contribution in [2.24, 2.45) is 0 Å². The van der Waals surface area contributed by atoms with Crippen LogP contribution < -0.4 is 18.9 Å². The largest absolute Gasteiger partial charge is 0.493 e. The molecule has 2 aromatic rings. The Hall–Kier alpha value is -1.54.